The van der Waals surface area contributed by atoms with Crippen LogP contribution in [0.1, 0.15) is 0 Å². The van der Waals surface area contributed by atoms with Crippen LogP contribution in [0.25, 0.3) is 0 Å². The van der Waals surface area contributed by atoms with E-state index in [1.165, 1.54) is 12.1 Å². The highest BCUT2D eigenvalue weighted by Crippen LogP contribution is 2.27. The van der Waals surface area contributed by atoms with E-state index >= 15 is 0 Å². The number of rotatable bonds is 6. The summed E-state index contributed by atoms with van der Waals surface area (Å²) in [4.78, 5) is 20.3. The van der Waals surface area contributed by atoms with Crippen LogP contribution in [0.3, 0.4) is 0 Å². The highest BCUT2D eigenvalue weighted by Gasteiger charge is 2.04. The van der Waals surface area contributed by atoms with Crippen molar-refractivity contribution < 1.29 is 29.3 Å². The third-order valence-electron chi connectivity index (χ3n) is 2.43. The van der Waals surface area contributed by atoms with Gasteiger partial charge >= 0.3 is 11.9 Å². The van der Waals surface area contributed by atoms with Crippen molar-refractivity contribution >= 4 is 46.7 Å². The summed E-state index contributed by atoms with van der Waals surface area (Å²) in [5, 5.41) is 17.8. The minimum absolute atomic E-state index is 0.300. The van der Waals surface area contributed by atoms with E-state index in [4.69, 9.17) is 54.5 Å². The molecule has 25 heavy (non-hydrogen) atoms. The molecule has 0 saturated heterocycles. The van der Waals surface area contributed by atoms with Crippen molar-refractivity contribution in [3.63, 3.8) is 0 Å². The third kappa shape index (κ3) is 8.49. The number of carbonyl (C=O) groups is 2. The molecule has 6 nitrogen and oxygen atoms in total. The third-order valence-corrected chi connectivity index (χ3v) is 3.28. The van der Waals surface area contributed by atoms with Crippen molar-refractivity contribution in [2.45, 2.75) is 0 Å². The van der Waals surface area contributed by atoms with Gasteiger partial charge in [-0.2, -0.15) is 0 Å². The van der Waals surface area contributed by atoms with Gasteiger partial charge in [0.15, 0.2) is 13.2 Å². The minimum Gasteiger partial charge on any atom is -0.480 e. The smallest absolute Gasteiger partial charge is 0.341 e. The molecule has 0 atom stereocenters. The largest absolute Gasteiger partial charge is 0.480 e. The Balaban J connectivity index is 0.000000251. The number of halogens is 3. The van der Waals surface area contributed by atoms with E-state index in [0.29, 0.717) is 26.6 Å². The van der Waals surface area contributed by atoms with Gasteiger partial charge in [0.1, 0.15) is 11.5 Å². The molecule has 0 aliphatic heterocycles. The Labute approximate surface area is 158 Å². The summed E-state index contributed by atoms with van der Waals surface area (Å²) in [6, 6.07) is 11.3. The maximum absolute atomic E-state index is 10.2. The number of hydrogen-bond acceptors (Lipinski definition) is 4. The zero-order valence-corrected chi connectivity index (χ0v) is 14.9. The van der Waals surface area contributed by atoms with Gasteiger partial charge in [-0.25, -0.2) is 9.59 Å². The van der Waals surface area contributed by atoms with Crippen LogP contribution in [0.15, 0.2) is 42.5 Å². The lowest BCUT2D eigenvalue weighted by atomic mass is 10.3. The summed E-state index contributed by atoms with van der Waals surface area (Å²) in [5.74, 6) is -1.36. The summed E-state index contributed by atoms with van der Waals surface area (Å²) in [6.07, 6.45) is 0. The first-order valence-electron chi connectivity index (χ1n) is 6.68. The Bertz CT molecular complexity index is 736. The topological polar surface area (TPSA) is 93.1 Å². The summed E-state index contributed by atoms with van der Waals surface area (Å²) in [7, 11) is 0. The molecule has 0 radical (unpaired) electrons. The summed E-state index contributed by atoms with van der Waals surface area (Å²) >= 11 is 17.0. The van der Waals surface area contributed by atoms with Crippen LogP contribution in [0.4, 0.5) is 0 Å². The lowest BCUT2D eigenvalue weighted by Gasteiger charge is -2.04. The van der Waals surface area contributed by atoms with Crippen LogP contribution in [0.5, 0.6) is 11.5 Å². The molecule has 0 bridgehead atoms. The number of aliphatic carboxylic acids is 2. The van der Waals surface area contributed by atoms with E-state index in [-0.39, 0.29) is 6.61 Å². The molecule has 0 fully saturated rings. The molecular weight excluding hydrogens is 395 g/mol. The highest BCUT2D eigenvalue weighted by atomic mass is 35.5. The van der Waals surface area contributed by atoms with Gasteiger partial charge in [-0.05, 0) is 30.3 Å². The van der Waals surface area contributed by atoms with Crippen molar-refractivity contribution in [2.24, 2.45) is 0 Å². The molecule has 0 amide bonds. The summed E-state index contributed by atoms with van der Waals surface area (Å²) < 4.78 is 9.73. The molecule has 2 rings (SSSR count). The molecule has 2 N–H and O–H groups in total. The Morgan fingerprint density at radius 3 is 1.80 bits per heavy atom. The monoisotopic (exact) mass is 406 g/mol. The summed E-state index contributed by atoms with van der Waals surface area (Å²) in [6.45, 7) is -0.787. The molecule has 0 spiro atoms. The van der Waals surface area contributed by atoms with Crippen LogP contribution in [0.2, 0.25) is 15.1 Å². The number of carboxylic acid groups (broad SMARTS) is 2. The SMILES string of the molecule is O=C(O)COc1ccc(Cl)cc1Cl.O=C(O)COc1ccccc1Cl. The van der Waals surface area contributed by atoms with Gasteiger partial charge in [-0.3, -0.25) is 0 Å². The Kier molecular flexibility index (Phi) is 8.91. The van der Waals surface area contributed by atoms with Gasteiger partial charge in [0, 0.05) is 5.02 Å². The highest BCUT2D eigenvalue weighted by molar-refractivity contribution is 6.35. The molecule has 134 valence electrons. The predicted molar refractivity (Wildman–Crippen MR) is 94.2 cm³/mol. The second-order valence-corrected chi connectivity index (χ2v) is 5.62. The first-order chi connectivity index (χ1) is 11.8. The summed E-state index contributed by atoms with van der Waals surface area (Å²) in [5.41, 5.74) is 0. The number of carboxylic acids is 2. The Morgan fingerprint density at radius 1 is 0.800 bits per heavy atom. The predicted octanol–water partition coefficient (Wildman–Crippen LogP) is 4.26. The molecular formula is C16H13Cl3O6. The van der Waals surface area contributed by atoms with Gasteiger partial charge in [0.25, 0.3) is 0 Å². The molecule has 0 aromatic heterocycles. The Morgan fingerprint density at radius 2 is 1.32 bits per heavy atom. The van der Waals surface area contributed by atoms with Crippen molar-refractivity contribution in [3.05, 3.63) is 57.5 Å². The van der Waals surface area contributed by atoms with E-state index < -0.39 is 18.5 Å². The van der Waals surface area contributed by atoms with E-state index in [2.05, 4.69) is 0 Å². The normalized spacial score (nSPS) is 9.56. The van der Waals surface area contributed by atoms with E-state index in [1.54, 1.807) is 30.3 Å². The first-order valence-corrected chi connectivity index (χ1v) is 7.81. The number of benzene rings is 2. The quantitative estimate of drug-likeness (QED) is 0.743. The molecule has 9 heteroatoms. The average molecular weight is 408 g/mol. The maximum Gasteiger partial charge on any atom is 0.341 e. The first kappa shape index (κ1) is 20.9. The van der Waals surface area contributed by atoms with E-state index in [1.807, 2.05) is 0 Å². The van der Waals surface area contributed by atoms with Gasteiger partial charge < -0.3 is 19.7 Å². The lowest BCUT2D eigenvalue weighted by Crippen LogP contribution is -2.09. The number of para-hydroxylation sites is 1. The maximum atomic E-state index is 10.2. The van der Waals surface area contributed by atoms with Crippen molar-refractivity contribution in [2.75, 3.05) is 13.2 Å². The lowest BCUT2D eigenvalue weighted by molar-refractivity contribution is -0.140. The van der Waals surface area contributed by atoms with Crippen LogP contribution in [-0.4, -0.2) is 35.4 Å². The fraction of sp³-hybridized carbons (Fsp3) is 0.125. The fourth-order valence-corrected chi connectivity index (χ4v) is 2.09. The molecule has 0 saturated carbocycles. The van der Waals surface area contributed by atoms with Crippen LogP contribution in [0, 0.1) is 0 Å². The standard InChI is InChI=1S/C8H6Cl2O3.C8H7ClO3/c9-5-1-2-7(6(10)3-5)13-4-8(11)12;9-6-3-1-2-4-7(6)12-5-8(10)11/h1-3H,4H2,(H,11,12);1-4H,5H2,(H,10,11). The molecule has 0 unspecified atom stereocenters. The van der Waals surface area contributed by atoms with Crippen LogP contribution < -0.4 is 9.47 Å². The number of hydrogen-bond donors (Lipinski definition) is 2. The molecule has 0 aliphatic rings. The molecule has 2 aromatic rings. The zero-order chi connectivity index (χ0) is 18.8. The average Bonchev–Trinajstić information content (AvgIpc) is 2.53. The minimum atomic E-state index is -1.05. The second kappa shape index (κ2) is 10.7. The van der Waals surface area contributed by atoms with Crippen molar-refractivity contribution in [3.8, 4) is 11.5 Å². The van der Waals surface area contributed by atoms with Crippen LogP contribution in [-0.2, 0) is 9.59 Å². The van der Waals surface area contributed by atoms with Gasteiger partial charge in [-0.15, -0.1) is 0 Å². The molecule has 0 aliphatic carbocycles. The second-order valence-electron chi connectivity index (χ2n) is 4.37. The molecule has 0 heterocycles. The Hall–Kier alpha value is -2.15. The van der Waals surface area contributed by atoms with Gasteiger partial charge in [0.2, 0.25) is 0 Å². The van der Waals surface area contributed by atoms with Gasteiger partial charge in [0.05, 0.1) is 10.0 Å². The molecule has 2 aromatic carbocycles. The van der Waals surface area contributed by atoms with E-state index in [0.717, 1.165) is 0 Å². The number of ether oxygens (including phenoxy) is 2. The zero-order valence-electron chi connectivity index (χ0n) is 12.6. The van der Waals surface area contributed by atoms with Crippen molar-refractivity contribution in [1.29, 1.82) is 0 Å². The van der Waals surface area contributed by atoms with Crippen molar-refractivity contribution in [1.82, 2.24) is 0 Å². The van der Waals surface area contributed by atoms with Crippen LogP contribution >= 0.6 is 34.8 Å². The fourth-order valence-electron chi connectivity index (χ4n) is 1.43. The van der Waals surface area contributed by atoms with E-state index in [9.17, 15) is 9.59 Å². The van der Waals surface area contributed by atoms with Gasteiger partial charge in [-0.1, -0.05) is 46.9 Å².